The fourth-order valence-electron chi connectivity index (χ4n) is 1.53. The molecule has 58 valence electrons. The van der Waals surface area contributed by atoms with Gasteiger partial charge in [-0.1, -0.05) is 18.2 Å². The van der Waals surface area contributed by atoms with E-state index >= 15 is 0 Å². The number of halogens is 1. The quantitative estimate of drug-likeness (QED) is 0.458. The van der Waals surface area contributed by atoms with Crippen LogP contribution in [0.25, 0.3) is 0 Å². The van der Waals surface area contributed by atoms with Gasteiger partial charge in [0.05, 0.1) is 6.00 Å². The molecule has 1 heterocycles. The van der Waals surface area contributed by atoms with Gasteiger partial charge >= 0.3 is 0 Å². The fraction of sp³-hybridized carbons (Fsp3) is 0.333. The average molecular weight is 168 g/mol. The molecule has 0 spiro atoms. The summed E-state index contributed by atoms with van der Waals surface area (Å²) in [5, 5.41) is 0. The van der Waals surface area contributed by atoms with Crippen LogP contribution in [0.1, 0.15) is 5.56 Å². The van der Waals surface area contributed by atoms with Gasteiger partial charge in [-0.3, -0.25) is 0 Å². The van der Waals surface area contributed by atoms with Gasteiger partial charge in [-0.2, -0.15) is 0 Å². The lowest BCUT2D eigenvalue weighted by atomic mass is 10.2. The zero-order valence-corrected chi connectivity index (χ0v) is 7.01. The van der Waals surface area contributed by atoms with E-state index in [0.717, 1.165) is 13.0 Å². The molecule has 0 saturated heterocycles. The maximum atomic E-state index is 5.76. The third kappa shape index (κ3) is 1.10. The first-order chi connectivity index (χ1) is 5.42. The second kappa shape index (κ2) is 2.74. The van der Waals surface area contributed by atoms with Gasteiger partial charge in [0.15, 0.2) is 0 Å². The molecule has 1 aromatic carbocycles. The van der Waals surface area contributed by atoms with Gasteiger partial charge in [-0.15, -0.1) is 11.6 Å². The molecule has 0 fully saturated rings. The third-order valence-electron chi connectivity index (χ3n) is 2.13. The minimum atomic E-state index is 0.608. The molecule has 0 aromatic heterocycles. The summed E-state index contributed by atoms with van der Waals surface area (Å²) in [5.74, 6) is 0. The molecule has 2 heteroatoms. The zero-order chi connectivity index (χ0) is 7.68. The Bertz CT molecular complexity index is 259. The van der Waals surface area contributed by atoms with E-state index < -0.39 is 0 Å². The molecule has 11 heavy (non-hydrogen) atoms. The molecule has 1 aliphatic rings. The predicted octanol–water partition coefficient (Wildman–Crippen LogP) is 2.25. The Hall–Kier alpha value is -0.690. The Labute approximate surface area is 71.6 Å². The highest BCUT2D eigenvalue weighted by Crippen LogP contribution is 2.27. The van der Waals surface area contributed by atoms with Crippen molar-refractivity contribution >= 4 is 17.3 Å². The van der Waals surface area contributed by atoms with Crippen molar-refractivity contribution in [1.82, 2.24) is 0 Å². The van der Waals surface area contributed by atoms with Crippen LogP contribution >= 0.6 is 11.6 Å². The monoisotopic (exact) mass is 167 g/mol. The number of anilines is 1. The summed E-state index contributed by atoms with van der Waals surface area (Å²) < 4.78 is 0. The lowest BCUT2D eigenvalue weighted by Crippen LogP contribution is -2.17. The maximum Gasteiger partial charge on any atom is 0.0928 e. The van der Waals surface area contributed by atoms with E-state index in [4.69, 9.17) is 11.6 Å². The molecule has 0 bridgehead atoms. The molecule has 1 aromatic rings. The molecular formula is C9H10ClN. The normalized spacial score (nSPS) is 15.2. The van der Waals surface area contributed by atoms with E-state index in [9.17, 15) is 0 Å². The van der Waals surface area contributed by atoms with E-state index in [1.54, 1.807) is 0 Å². The van der Waals surface area contributed by atoms with E-state index in [2.05, 4.69) is 29.2 Å². The maximum absolute atomic E-state index is 5.76. The van der Waals surface area contributed by atoms with Gasteiger partial charge in [0.1, 0.15) is 0 Å². The van der Waals surface area contributed by atoms with Crippen LogP contribution in [0, 0.1) is 0 Å². The highest BCUT2D eigenvalue weighted by Gasteiger charge is 2.16. The number of alkyl halides is 1. The van der Waals surface area contributed by atoms with E-state index in [0.29, 0.717) is 6.00 Å². The Morgan fingerprint density at radius 3 is 3.00 bits per heavy atom. The molecule has 0 unspecified atom stereocenters. The molecule has 0 aliphatic carbocycles. The molecule has 1 aliphatic heterocycles. The summed E-state index contributed by atoms with van der Waals surface area (Å²) in [5.41, 5.74) is 2.73. The second-order valence-corrected chi connectivity index (χ2v) is 3.00. The average Bonchev–Trinajstić information content (AvgIpc) is 2.47. The number of hydrogen-bond acceptors (Lipinski definition) is 1. The largest absolute Gasteiger partial charge is 0.357 e. The number of hydrogen-bond donors (Lipinski definition) is 0. The minimum Gasteiger partial charge on any atom is -0.357 e. The Morgan fingerprint density at radius 2 is 2.18 bits per heavy atom. The summed E-state index contributed by atoms with van der Waals surface area (Å²) >= 11 is 5.76. The lowest BCUT2D eigenvalue weighted by molar-refractivity contribution is 0.934. The van der Waals surface area contributed by atoms with E-state index in [-0.39, 0.29) is 0 Å². The van der Waals surface area contributed by atoms with Crippen LogP contribution < -0.4 is 4.90 Å². The van der Waals surface area contributed by atoms with Crippen LogP contribution in [0.3, 0.4) is 0 Å². The third-order valence-corrected chi connectivity index (χ3v) is 2.42. The minimum absolute atomic E-state index is 0.608. The first-order valence-electron chi connectivity index (χ1n) is 3.80. The van der Waals surface area contributed by atoms with Crippen LogP contribution in [-0.2, 0) is 6.42 Å². The van der Waals surface area contributed by atoms with Crippen LogP contribution in [0.15, 0.2) is 24.3 Å². The smallest absolute Gasteiger partial charge is 0.0928 e. The Balaban J connectivity index is 2.39. The van der Waals surface area contributed by atoms with Crippen LogP contribution in [0.5, 0.6) is 0 Å². The summed E-state index contributed by atoms with van der Waals surface area (Å²) in [7, 11) is 0. The van der Waals surface area contributed by atoms with Gasteiger partial charge in [0.2, 0.25) is 0 Å². The zero-order valence-electron chi connectivity index (χ0n) is 6.26. The van der Waals surface area contributed by atoms with E-state index in [1.807, 2.05) is 0 Å². The summed E-state index contributed by atoms with van der Waals surface area (Å²) in [6.07, 6.45) is 1.14. The van der Waals surface area contributed by atoms with Crippen molar-refractivity contribution in [3.8, 4) is 0 Å². The van der Waals surface area contributed by atoms with Gasteiger partial charge in [0, 0.05) is 12.2 Å². The highest BCUT2D eigenvalue weighted by atomic mass is 35.5. The molecule has 0 N–H and O–H groups in total. The van der Waals surface area contributed by atoms with E-state index in [1.165, 1.54) is 11.3 Å². The highest BCUT2D eigenvalue weighted by molar-refractivity contribution is 6.19. The molecule has 0 atom stereocenters. The van der Waals surface area contributed by atoms with Crippen molar-refractivity contribution in [1.29, 1.82) is 0 Å². The number of nitrogens with zero attached hydrogens (tertiary/aromatic N) is 1. The first-order valence-corrected chi connectivity index (χ1v) is 4.34. The number of rotatable bonds is 1. The fourth-order valence-corrected chi connectivity index (χ4v) is 1.78. The molecule has 1 nitrogen and oxygen atoms in total. The molecule has 0 amide bonds. The number of benzene rings is 1. The molecule has 2 rings (SSSR count). The van der Waals surface area contributed by atoms with Crippen molar-refractivity contribution in [2.75, 3.05) is 17.4 Å². The van der Waals surface area contributed by atoms with Gasteiger partial charge in [-0.05, 0) is 18.1 Å². The molecule has 0 saturated carbocycles. The standard InChI is InChI=1S/C9H10ClN/c10-7-11-6-5-8-3-1-2-4-9(8)11/h1-4H,5-7H2. The van der Waals surface area contributed by atoms with Crippen molar-refractivity contribution in [3.63, 3.8) is 0 Å². The number of fused-ring (bicyclic) bond motifs is 1. The van der Waals surface area contributed by atoms with Crippen LogP contribution in [0.4, 0.5) is 5.69 Å². The van der Waals surface area contributed by atoms with Crippen molar-refractivity contribution in [3.05, 3.63) is 29.8 Å². The van der Waals surface area contributed by atoms with Crippen molar-refractivity contribution in [2.45, 2.75) is 6.42 Å². The second-order valence-electron chi connectivity index (χ2n) is 2.76. The predicted molar refractivity (Wildman–Crippen MR) is 48.2 cm³/mol. The van der Waals surface area contributed by atoms with Gasteiger partial charge < -0.3 is 4.90 Å². The van der Waals surface area contributed by atoms with Gasteiger partial charge in [0.25, 0.3) is 0 Å². The van der Waals surface area contributed by atoms with Crippen LogP contribution in [-0.4, -0.2) is 12.5 Å². The summed E-state index contributed by atoms with van der Waals surface area (Å²) in [6, 6.07) is 9.05. The first kappa shape index (κ1) is 6.99. The summed E-state index contributed by atoms with van der Waals surface area (Å²) in [4.78, 5) is 2.19. The lowest BCUT2D eigenvalue weighted by Gasteiger charge is -2.14. The molecule has 0 radical (unpaired) electrons. The van der Waals surface area contributed by atoms with Crippen molar-refractivity contribution in [2.24, 2.45) is 0 Å². The van der Waals surface area contributed by atoms with Crippen LogP contribution in [0.2, 0.25) is 0 Å². The number of para-hydroxylation sites is 1. The topological polar surface area (TPSA) is 3.24 Å². The SMILES string of the molecule is ClCN1CCc2ccccc21. The Morgan fingerprint density at radius 1 is 1.36 bits per heavy atom. The molecular weight excluding hydrogens is 158 g/mol. The van der Waals surface area contributed by atoms with Crippen molar-refractivity contribution < 1.29 is 0 Å². The Kier molecular flexibility index (Phi) is 1.74. The van der Waals surface area contributed by atoms with Gasteiger partial charge in [-0.25, -0.2) is 0 Å². The summed E-state index contributed by atoms with van der Waals surface area (Å²) in [6.45, 7) is 1.07.